The molecule has 0 unspecified atom stereocenters. The summed E-state index contributed by atoms with van der Waals surface area (Å²) in [4.78, 5) is 14.5. The topological polar surface area (TPSA) is 63.7 Å². The molecule has 6 heteroatoms. The molecule has 0 aromatic heterocycles. The first-order chi connectivity index (χ1) is 14.5. The zero-order chi connectivity index (χ0) is 22.2. The van der Waals surface area contributed by atoms with Gasteiger partial charge in [-0.3, -0.25) is 0 Å². The number of carbonyl (C=O) groups is 1. The van der Waals surface area contributed by atoms with Crippen LogP contribution in [0, 0.1) is 0 Å². The first-order valence-electron chi connectivity index (χ1n) is 11.1. The van der Waals surface area contributed by atoms with Crippen LogP contribution in [0.3, 0.4) is 0 Å². The molecule has 0 saturated heterocycles. The molecule has 0 aliphatic rings. The fraction of sp³-hybridized carbons (Fsp3) is 0.542. The van der Waals surface area contributed by atoms with Crippen molar-refractivity contribution in [2.24, 2.45) is 0 Å². The van der Waals surface area contributed by atoms with E-state index in [9.17, 15) is 13.2 Å². The summed E-state index contributed by atoms with van der Waals surface area (Å²) in [5.74, 6) is -0.796. The van der Waals surface area contributed by atoms with Gasteiger partial charge in [0.2, 0.25) is 9.84 Å². The van der Waals surface area contributed by atoms with E-state index in [4.69, 9.17) is 4.74 Å². The van der Waals surface area contributed by atoms with Gasteiger partial charge in [-0.05, 0) is 50.3 Å². The minimum Gasteiger partial charge on any atom is -0.462 e. The molecule has 0 atom stereocenters. The number of ether oxygens (including phenoxy) is 1. The Labute approximate surface area is 182 Å². The van der Waals surface area contributed by atoms with Crippen molar-refractivity contribution in [1.82, 2.24) is 4.90 Å². The standard InChI is InChI=1S/C24H37NO4S/c1-4-7-8-9-10-14-21-29-24(26)23(18-15-20-25(6-3)19-5-2)30(27,28)22-16-12-11-13-17-22/h11-13,15-18,20H,4-10,14,19,21H2,1-3H3/b20-15+,23-18-. The number of allylic oxidation sites excluding steroid dienone is 2. The number of carbonyl (C=O) groups excluding carboxylic acids is 1. The van der Waals surface area contributed by atoms with Gasteiger partial charge in [-0.2, -0.15) is 0 Å². The fourth-order valence-electron chi connectivity index (χ4n) is 2.99. The Balaban J connectivity index is 2.91. The largest absolute Gasteiger partial charge is 0.462 e. The van der Waals surface area contributed by atoms with Crippen LogP contribution in [0.5, 0.6) is 0 Å². The number of hydrogen-bond donors (Lipinski definition) is 0. The lowest BCUT2D eigenvalue weighted by molar-refractivity contribution is -0.138. The summed E-state index contributed by atoms with van der Waals surface area (Å²) < 4.78 is 31.4. The SMILES string of the molecule is CCCCCCCCOC(=O)/C(=C/C=C/N(CC)CCC)S(=O)(=O)c1ccccc1. The molecule has 0 aliphatic carbocycles. The van der Waals surface area contributed by atoms with Crippen molar-refractivity contribution in [3.8, 4) is 0 Å². The molecule has 0 bridgehead atoms. The summed E-state index contributed by atoms with van der Waals surface area (Å²) in [5.41, 5.74) is 0. The van der Waals surface area contributed by atoms with Crippen LogP contribution in [0.15, 0.2) is 58.5 Å². The Hall–Kier alpha value is -2.08. The minimum atomic E-state index is -3.96. The lowest BCUT2D eigenvalue weighted by atomic mass is 10.1. The highest BCUT2D eigenvalue weighted by Gasteiger charge is 2.27. The van der Waals surface area contributed by atoms with E-state index in [1.165, 1.54) is 37.5 Å². The molecule has 0 saturated carbocycles. The highest BCUT2D eigenvalue weighted by molar-refractivity contribution is 7.96. The molecule has 5 nitrogen and oxygen atoms in total. The maximum Gasteiger partial charge on any atom is 0.350 e. The van der Waals surface area contributed by atoms with Gasteiger partial charge in [0.05, 0.1) is 11.5 Å². The summed E-state index contributed by atoms with van der Waals surface area (Å²) in [6.07, 6.45) is 12.1. The predicted octanol–water partition coefficient (Wildman–Crippen LogP) is 5.49. The van der Waals surface area contributed by atoms with Gasteiger partial charge in [0, 0.05) is 13.1 Å². The average molecular weight is 436 g/mol. The van der Waals surface area contributed by atoms with Gasteiger partial charge in [0.1, 0.15) is 0 Å². The molecule has 0 spiro atoms. The lowest BCUT2D eigenvalue weighted by Crippen LogP contribution is -2.18. The van der Waals surface area contributed by atoms with Crippen molar-refractivity contribution in [1.29, 1.82) is 0 Å². The lowest BCUT2D eigenvalue weighted by Gasteiger charge is -2.16. The Morgan fingerprint density at radius 2 is 1.63 bits per heavy atom. The number of esters is 1. The maximum absolute atomic E-state index is 13.0. The maximum atomic E-state index is 13.0. The Morgan fingerprint density at radius 3 is 2.27 bits per heavy atom. The van der Waals surface area contributed by atoms with Gasteiger partial charge < -0.3 is 9.64 Å². The fourth-order valence-corrected chi connectivity index (χ4v) is 4.30. The van der Waals surface area contributed by atoms with E-state index in [0.717, 1.165) is 38.8 Å². The zero-order valence-electron chi connectivity index (χ0n) is 18.7. The molecule has 0 aliphatic heterocycles. The molecule has 0 fully saturated rings. The predicted molar refractivity (Wildman–Crippen MR) is 123 cm³/mol. The molecule has 1 aromatic rings. The normalized spacial score (nSPS) is 12.3. The first-order valence-corrected chi connectivity index (χ1v) is 12.5. The van der Waals surface area contributed by atoms with Gasteiger partial charge >= 0.3 is 5.97 Å². The summed E-state index contributed by atoms with van der Waals surface area (Å²) in [5, 5.41) is 0. The van der Waals surface area contributed by atoms with Gasteiger partial charge in [-0.15, -0.1) is 0 Å². The van der Waals surface area contributed by atoms with Crippen LogP contribution in [0.1, 0.15) is 65.7 Å². The van der Waals surface area contributed by atoms with Crippen LogP contribution in [0.2, 0.25) is 0 Å². The molecule has 0 radical (unpaired) electrons. The smallest absolute Gasteiger partial charge is 0.350 e. The number of unbranched alkanes of at least 4 members (excludes halogenated alkanes) is 5. The van der Waals surface area contributed by atoms with Crippen LogP contribution in [0.4, 0.5) is 0 Å². The first kappa shape index (κ1) is 26.0. The monoisotopic (exact) mass is 435 g/mol. The van der Waals surface area contributed by atoms with Crippen LogP contribution in [-0.2, 0) is 19.4 Å². The van der Waals surface area contributed by atoms with E-state index in [1.807, 2.05) is 13.1 Å². The number of hydrogen-bond acceptors (Lipinski definition) is 5. The molecule has 0 amide bonds. The molecule has 168 valence electrons. The summed E-state index contributed by atoms with van der Waals surface area (Å²) in [6, 6.07) is 8.00. The van der Waals surface area contributed by atoms with Crippen molar-refractivity contribution in [2.45, 2.75) is 70.6 Å². The Morgan fingerprint density at radius 1 is 0.967 bits per heavy atom. The summed E-state index contributed by atoms with van der Waals surface area (Å²) in [7, 11) is -3.96. The van der Waals surface area contributed by atoms with Crippen molar-refractivity contribution in [2.75, 3.05) is 19.7 Å². The molecule has 0 heterocycles. The Kier molecular flexibility index (Phi) is 12.8. The van der Waals surface area contributed by atoms with E-state index in [-0.39, 0.29) is 16.4 Å². The average Bonchev–Trinajstić information content (AvgIpc) is 2.75. The van der Waals surface area contributed by atoms with Crippen molar-refractivity contribution in [3.63, 3.8) is 0 Å². The third kappa shape index (κ3) is 9.16. The van der Waals surface area contributed by atoms with E-state index in [2.05, 4.69) is 18.7 Å². The third-order valence-electron chi connectivity index (χ3n) is 4.74. The van der Waals surface area contributed by atoms with E-state index in [1.54, 1.807) is 24.3 Å². The second-order valence-electron chi connectivity index (χ2n) is 7.22. The molecule has 1 rings (SSSR count). The molecular formula is C24H37NO4S. The third-order valence-corrected chi connectivity index (χ3v) is 6.51. The van der Waals surface area contributed by atoms with Crippen molar-refractivity contribution >= 4 is 15.8 Å². The van der Waals surface area contributed by atoms with Gasteiger partial charge in [-0.1, -0.05) is 64.2 Å². The van der Waals surface area contributed by atoms with E-state index in [0.29, 0.717) is 0 Å². The number of rotatable bonds is 15. The highest BCUT2D eigenvalue weighted by atomic mass is 32.2. The number of nitrogens with zero attached hydrogens (tertiary/aromatic N) is 1. The van der Waals surface area contributed by atoms with Crippen LogP contribution >= 0.6 is 0 Å². The highest BCUT2D eigenvalue weighted by Crippen LogP contribution is 2.21. The second-order valence-corrected chi connectivity index (χ2v) is 9.14. The Bertz CT molecular complexity index is 770. The number of sulfone groups is 1. The second kappa shape index (κ2) is 14.8. The quantitative estimate of drug-likeness (QED) is 0.158. The summed E-state index contributed by atoms with van der Waals surface area (Å²) >= 11 is 0. The van der Waals surface area contributed by atoms with E-state index >= 15 is 0 Å². The molecule has 1 aromatic carbocycles. The molecular weight excluding hydrogens is 398 g/mol. The van der Waals surface area contributed by atoms with Crippen LogP contribution in [-0.4, -0.2) is 39.0 Å². The van der Waals surface area contributed by atoms with Crippen molar-refractivity contribution in [3.05, 3.63) is 53.6 Å². The van der Waals surface area contributed by atoms with Gasteiger partial charge in [0.15, 0.2) is 4.91 Å². The van der Waals surface area contributed by atoms with Gasteiger partial charge in [0.25, 0.3) is 0 Å². The minimum absolute atomic E-state index is 0.0853. The molecule has 30 heavy (non-hydrogen) atoms. The van der Waals surface area contributed by atoms with Gasteiger partial charge in [-0.25, -0.2) is 13.2 Å². The van der Waals surface area contributed by atoms with E-state index < -0.39 is 15.8 Å². The summed E-state index contributed by atoms with van der Waals surface area (Å²) in [6.45, 7) is 8.18. The number of benzene rings is 1. The van der Waals surface area contributed by atoms with Crippen molar-refractivity contribution < 1.29 is 17.9 Å². The van der Waals surface area contributed by atoms with Crippen LogP contribution < -0.4 is 0 Å². The van der Waals surface area contributed by atoms with Crippen LogP contribution in [0.25, 0.3) is 0 Å². The zero-order valence-corrected chi connectivity index (χ0v) is 19.5. The molecule has 0 N–H and O–H groups in total.